The maximum atomic E-state index is 6.19. The predicted octanol–water partition coefficient (Wildman–Crippen LogP) is 4.03. The van der Waals surface area contributed by atoms with Crippen LogP contribution in [0.5, 0.6) is 11.5 Å². The van der Waals surface area contributed by atoms with Gasteiger partial charge in [0.1, 0.15) is 5.82 Å². The van der Waals surface area contributed by atoms with E-state index in [1.54, 1.807) is 38.7 Å². The Morgan fingerprint density at radius 2 is 1.71 bits per heavy atom. The standard InChI is InChI=1S/C21H19N5O2/c1-27-18-8-7-15(10-19(18)28-2)25-21-24-12-16(20(22)26-21)14-9-13-5-3-4-6-17(13)23-11-14/h3-12H,1-2H3,(H3,22,24,25,26). The van der Waals surface area contributed by atoms with Crippen LogP contribution in [0.2, 0.25) is 0 Å². The molecule has 0 spiro atoms. The zero-order valence-electron chi connectivity index (χ0n) is 15.5. The van der Waals surface area contributed by atoms with Crippen molar-refractivity contribution in [3.05, 3.63) is 60.9 Å². The maximum Gasteiger partial charge on any atom is 0.229 e. The molecule has 28 heavy (non-hydrogen) atoms. The third-order valence-corrected chi connectivity index (χ3v) is 4.36. The number of nitrogens with two attached hydrogens (primary N) is 1. The van der Waals surface area contributed by atoms with E-state index in [1.807, 2.05) is 36.4 Å². The first-order valence-corrected chi connectivity index (χ1v) is 8.64. The fourth-order valence-electron chi connectivity index (χ4n) is 2.94. The molecule has 0 bridgehead atoms. The molecule has 0 radical (unpaired) electrons. The summed E-state index contributed by atoms with van der Waals surface area (Å²) >= 11 is 0. The highest BCUT2D eigenvalue weighted by Crippen LogP contribution is 2.31. The monoisotopic (exact) mass is 373 g/mol. The molecule has 4 rings (SSSR count). The summed E-state index contributed by atoms with van der Waals surface area (Å²) in [6.45, 7) is 0. The Bertz CT molecular complexity index is 1150. The zero-order valence-corrected chi connectivity index (χ0v) is 15.5. The Balaban J connectivity index is 1.62. The third-order valence-electron chi connectivity index (χ3n) is 4.36. The van der Waals surface area contributed by atoms with E-state index in [0.717, 1.165) is 27.7 Å². The van der Waals surface area contributed by atoms with Gasteiger partial charge in [-0.15, -0.1) is 0 Å². The number of aromatic nitrogens is 3. The molecule has 7 nitrogen and oxygen atoms in total. The highest BCUT2D eigenvalue weighted by molar-refractivity contribution is 5.85. The average Bonchev–Trinajstić information content (AvgIpc) is 2.73. The van der Waals surface area contributed by atoms with Crippen LogP contribution in [-0.2, 0) is 0 Å². The smallest absolute Gasteiger partial charge is 0.229 e. The van der Waals surface area contributed by atoms with Gasteiger partial charge in [0.15, 0.2) is 11.5 Å². The van der Waals surface area contributed by atoms with Gasteiger partial charge in [-0.05, 0) is 24.3 Å². The highest BCUT2D eigenvalue weighted by Gasteiger charge is 2.10. The molecule has 140 valence electrons. The molecular formula is C21H19N5O2. The molecule has 0 aliphatic rings. The van der Waals surface area contributed by atoms with Gasteiger partial charge in [0, 0.05) is 40.7 Å². The molecule has 0 aliphatic carbocycles. The Labute approximate surface area is 162 Å². The molecule has 0 aliphatic heterocycles. The largest absolute Gasteiger partial charge is 0.493 e. The number of methoxy groups -OCH3 is 2. The number of pyridine rings is 1. The van der Waals surface area contributed by atoms with Crippen LogP contribution in [0.4, 0.5) is 17.5 Å². The molecule has 4 aromatic rings. The topological polar surface area (TPSA) is 95.2 Å². The fourth-order valence-corrected chi connectivity index (χ4v) is 2.94. The third kappa shape index (κ3) is 3.37. The summed E-state index contributed by atoms with van der Waals surface area (Å²) in [6.07, 6.45) is 3.47. The minimum atomic E-state index is 0.370. The Kier molecular flexibility index (Phi) is 4.63. The minimum absolute atomic E-state index is 0.370. The summed E-state index contributed by atoms with van der Waals surface area (Å²) in [7, 11) is 3.18. The highest BCUT2D eigenvalue weighted by atomic mass is 16.5. The molecule has 2 aromatic carbocycles. The predicted molar refractivity (Wildman–Crippen MR) is 110 cm³/mol. The summed E-state index contributed by atoms with van der Waals surface area (Å²) < 4.78 is 10.6. The van der Waals surface area contributed by atoms with Crippen LogP contribution in [0.1, 0.15) is 0 Å². The summed E-state index contributed by atoms with van der Waals surface area (Å²) in [4.78, 5) is 13.2. The van der Waals surface area contributed by atoms with Crippen LogP contribution in [0.3, 0.4) is 0 Å². The summed E-state index contributed by atoms with van der Waals surface area (Å²) in [6, 6.07) is 15.4. The van der Waals surface area contributed by atoms with E-state index in [4.69, 9.17) is 15.2 Å². The van der Waals surface area contributed by atoms with Crippen LogP contribution >= 0.6 is 0 Å². The van der Waals surface area contributed by atoms with Gasteiger partial charge in [0.05, 0.1) is 19.7 Å². The van der Waals surface area contributed by atoms with Gasteiger partial charge in [-0.3, -0.25) is 4.98 Å². The molecule has 2 heterocycles. The van der Waals surface area contributed by atoms with Crippen LogP contribution in [0.25, 0.3) is 22.0 Å². The van der Waals surface area contributed by atoms with Crippen molar-refractivity contribution in [2.45, 2.75) is 0 Å². The number of hydrogen-bond acceptors (Lipinski definition) is 7. The first-order valence-electron chi connectivity index (χ1n) is 8.64. The zero-order chi connectivity index (χ0) is 19.5. The van der Waals surface area contributed by atoms with Crippen LogP contribution in [0.15, 0.2) is 60.9 Å². The molecule has 0 unspecified atom stereocenters. The molecule has 3 N–H and O–H groups in total. The Morgan fingerprint density at radius 1 is 0.893 bits per heavy atom. The molecule has 0 fully saturated rings. The maximum absolute atomic E-state index is 6.19. The van der Waals surface area contributed by atoms with Crippen LogP contribution < -0.4 is 20.5 Å². The first-order chi connectivity index (χ1) is 13.7. The Morgan fingerprint density at radius 3 is 2.50 bits per heavy atom. The summed E-state index contributed by atoms with van der Waals surface area (Å²) in [5, 5.41) is 4.16. The molecule has 7 heteroatoms. The fraction of sp³-hybridized carbons (Fsp3) is 0.0952. The van der Waals surface area contributed by atoms with Crippen molar-refractivity contribution in [1.82, 2.24) is 15.0 Å². The van der Waals surface area contributed by atoms with E-state index in [1.165, 1.54) is 0 Å². The number of nitrogens with one attached hydrogen (secondary N) is 1. The summed E-state index contributed by atoms with van der Waals surface area (Å²) in [5.74, 6) is 2.02. The number of hydrogen-bond donors (Lipinski definition) is 2. The van der Waals surface area contributed by atoms with Crippen molar-refractivity contribution in [3.63, 3.8) is 0 Å². The molecule has 0 amide bonds. The van der Waals surface area contributed by atoms with Gasteiger partial charge in [0.2, 0.25) is 5.95 Å². The number of nitrogen functional groups attached to an aromatic ring is 1. The van der Waals surface area contributed by atoms with Gasteiger partial charge in [-0.25, -0.2) is 4.98 Å². The number of rotatable bonds is 5. The Hall–Kier alpha value is -3.87. The first kappa shape index (κ1) is 17.5. The number of nitrogens with zero attached hydrogens (tertiary/aromatic N) is 3. The number of fused-ring (bicyclic) bond motifs is 1. The van der Waals surface area contributed by atoms with Crippen molar-refractivity contribution in [1.29, 1.82) is 0 Å². The molecular weight excluding hydrogens is 354 g/mol. The average molecular weight is 373 g/mol. The molecule has 0 saturated heterocycles. The second kappa shape index (κ2) is 7.40. The number of anilines is 3. The number of benzene rings is 2. The second-order valence-corrected chi connectivity index (χ2v) is 6.10. The van der Waals surface area contributed by atoms with Crippen LogP contribution in [-0.4, -0.2) is 29.2 Å². The quantitative estimate of drug-likeness (QED) is 0.545. The lowest BCUT2D eigenvalue weighted by atomic mass is 10.1. The van der Waals surface area contributed by atoms with Gasteiger partial charge in [0.25, 0.3) is 0 Å². The molecule has 0 saturated carbocycles. The van der Waals surface area contributed by atoms with Crippen LogP contribution in [0, 0.1) is 0 Å². The number of para-hydroxylation sites is 1. The van der Waals surface area contributed by atoms with E-state index in [-0.39, 0.29) is 0 Å². The van der Waals surface area contributed by atoms with Crippen molar-refractivity contribution < 1.29 is 9.47 Å². The van der Waals surface area contributed by atoms with Crippen molar-refractivity contribution >= 4 is 28.4 Å². The van der Waals surface area contributed by atoms with E-state index in [2.05, 4.69) is 20.3 Å². The van der Waals surface area contributed by atoms with Crippen molar-refractivity contribution in [3.8, 4) is 22.6 Å². The van der Waals surface area contributed by atoms with E-state index >= 15 is 0 Å². The van der Waals surface area contributed by atoms with E-state index in [0.29, 0.717) is 23.3 Å². The summed E-state index contributed by atoms with van der Waals surface area (Å²) in [5.41, 5.74) is 9.48. The molecule has 2 aromatic heterocycles. The molecule has 0 atom stereocenters. The van der Waals surface area contributed by atoms with Gasteiger partial charge >= 0.3 is 0 Å². The van der Waals surface area contributed by atoms with Crippen molar-refractivity contribution in [2.24, 2.45) is 0 Å². The lowest BCUT2D eigenvalue weighted by Gasteiger charge is -2.11. The van der Waals surface area contributed by atoms with Gasteiger partial charge in [-0.1, -0.05) is 18.2 Å². The van der Waals surface area contributed by atoms with Gasteiger partial charge in [-0.2, -0.15) is 4.98 Å². The second-order valence-electron chi connectivity index (χ2n) is 6.10. The van der Waals surface area contributed by atoms with E-state index < -0.39 is 0 Å². The van der Waals surface area contributed by atoms with Crippen molar-refractivity contribution in [2.75, 3.05) is 25.3 Å². The van der Waals surface area contributed by atoms with Gasteiger partial charge < -0.3 is 20.5 Å². The SMILES string of the molecule is COc1ccc(Nc2ncc(-c3cnc4ccccc4c3)c(N)n2)cc1OC. The number of ether oxygens (including phenoxy) is 2. The lowest BCUT2D eigenvalue weighted by Crippen LogP contribution is -2.02. The normalized spacial score (nSPS) is 10.6. The lowest BCUT2D eigenvalue weighted by molar-refractivity contribution is 0.355. The van der Waals surface area contributed by atoms with E-state index in [9.17, 15) is 0 Å². The minimum Gasteiger partial charge on any atom is -0.493 e.